The molecule has 1 aromatic heterocycles. The zero-order chi connectivity index (χ0) is 23.0. The molecule has 2 heterocycles. The minimum absolute atomic E-state index is 0.119. The number of amides is 1. The Morgan fingerprint density at radius 1 is 1.25 bits per heavy atom. The monoisotopic (exact) mass is 499 g/mol. The third-order valence-electron chi connectivity index (χ3n) is 4.51. The van der Waals surface area contributed by atoms with Crippen molar-refractivity contribution in [2.45, 2.75) is 29.1 Å². The average Bonchev–Trinajstić information content (AvgIpc) is 3.24. The second-order valence-electron chi connectivity index (χ2n) is 6.81. The number of morpholine rings is 1. The highest BCUT2D eigenvalue weighted by Crippen LogP contribution is 2.23. The molecule has 12 heteroatoms. The fourth-order valence-corrected chi connectivity index (χ4v) is 5.97. The van der Waals surface area contributed by atoms with Crippen LogP contribution in [0.3, 0.4) is 0 Å². The highest BCUT2D eigenvalue weighted by molar-refractivity contribution is 8.01. The minimum atomic E-state index is -3.53. The van der Waals surface area contributed by atoms with Gasteiger partial charge in [0.1, 0.15) is 0 Å². The number of nitrogens with zero attached hydrogens (tertiary/aromatic N) is 2. The van der Waals surface area contributed by atoms with Crippen molar-refractivity contribution in [3.8, 4) is 0 Å². The van der Waals surface area contributed by atoms with Gasteiger partial charge in [-0.25, -0.2) is 13.4 Å². The van der Waals surface area contributed by atoms with E-state index in [0.717, 1.165) is 5.56 Å². The highest BCUT2D eigenvalue weighted by Gasteiger charge is 2.26. The summed E-state index contributed by atoms with van der Waals surface area (Å²) in [4.78, 5) is 28.2. The molecule has 0 atom stereocenters. The first-order valence-electron chi connectivity index (χ1n) is 10.0. The smallest absolute Gasteiger partial charge is 0.311 e. The van der Waals surface area contributed by atoms with Crippen molar-refractivity contribution in [1.29, 1.82) is 0 Å². The molecule has 0 radical (unpaired) electrons. The maximum Gasteiger partial charge on any atom is 0.311 e. The summed E-state index contributed by atoms with van der Waals surface area (Å²) in [5, 5.41) is 4.59. The van der Waals surface area contributed by atoms with E-state index in [1.54, 1.807) is 36.6 Å². The van der Waals surface area contributed by atoms with Crippen LogP contribution in [0.4, 0.5) is 0 Å². The Labute approximate surface area is 195 Å². The molecular formula is C20H25N3O6S3. The third-order valence-corrected chi connectivity index (χ3v) is 8.49. The molecular weight excluding hydrogens is 474 g/mol. The predicted molar refractivity (Wildman–Crippen MR) is 121 cm³/mol. The highest BCUT2D eigenvalue weighted by atomic mass is 32.2. The molecule has 0 aliphatic carbocycles. The van der Waals surface area contributed by atoms with Crippen LogP contribution in [-0.4, -0.2) is 68.2 Å². The van der Waals surface area contributed by atoms with E-state index in [9.17, 15) is 18.0 Å². The number of rotatable bonds is 10. The Morgan fingerprint density at radius 3 is 2.66 bits per heavy atom. The zero-order valence-electron chi connectivity index (χ0n) is 17.6. The van der Waals surface area contributed by atoms with Gasteiger partial charge in [-0.15, -0.1) is 11.3 Å². The van der Waals surface area contributed by atoms with Crippen LogP contribution in [0.25, 0.3) is 0 Å². The fourth-order valence-electron chi connectivity index (χ4n) is 2.89. The lowest BCUT2D eigenvalue weighted by Gasteiger charge is -2.26. The molecule has 9 nitrogen and oxygen atoms in total. The zero-order valence-corrected chi connectivity index (χ0v) is 20.1. The van der Waals surface area contributed by atoms with Crippen LogP contribution in [-0.2, 0) is 42.1 Å². The van der Waals surface area contributed by atoms with Crippen LogP contribution in [0.1, 0.15) is 18.2 Å². The molecule has 32 heavy (non-hydrogen) atoms. The molecule has 1 aromatic carbocycles. The van der Waals surface area contributed by atoms with Gasteiger partial charge in [-0.1, -0.05) is 23.9 Å². The number of carbonyl (C=O) groups is 2. The van der Waals surface area contributed by atoms with Crippen molar-refractivity contribution in [1.82, 2.24) is 14.6 Å². The Kier molecular flexibility index (Phi) is 9.05. The lowest BCUT2D eigenvalue weighted by Crippen LogP contribution is -2.40. The first-order valence-corrected chi connectivity index (χ1v) is 13.4. The summed E-state index contributed by atoms with van der Waals surface area (Å²) in [6, 6.07) is 6.51. The number of thiazole rings is 1. The van der Waals surface area contributed by atoms with E-state index in [1.807, 2.05) is 0 Å². The van der Waals surface area contributed by atoms with Gasteiger partial charge in [0.25, 0.3) is 0 Å². The standard InChI is InChI=1S/C20H25N3O6S3/c1-2-29-19(25)11-16-13-30-20(22-16)31-14-18(24)21-12-15-3-5-17(6-4-15)32(26,27)23-7-9-28-10-8-23/h3-6,13H,2,7-12,14H2,1H3,(H,21,24). The number of thioether (sulfide) groups is 1. The summed E-state index contributed by atoms with van der Waals surface area (Å²) in [6.45, 7) is 3.87. The molecule has 0 spiro atoms. The van der Waals surface area contributed by atoms with Gasteiger partial charge in [-0.3, -0.25) is 9.59 Å². The summed E-state index contributed by atoms with van der Waals surface area (Å²) in [6.07, 6.45) is 0.119. The molecule has 0 unspecified atom stereocenters. The number of carbonyl (C=O) groups excluding carboxylic acids is 2. The predicted octanol–water partition coefficient (Wildman–Crippen LogP) is 1.68. The van der Waals surface area contributed by atoms with Gasteiger partial charge in [-0.2, -0.15) is 4.31 Å². The van der Waals surface area contributed by atoms with Gasteiger partial charge < -0.3 is 14.8 Å². The molecule has 1 N–H and O–H groups in total. The summed E-state index contributed by atoms with van der Waals surface area (Å²) in [5.41, 5.74) is 1.43. The van der Waals surface area contributed by atoms with E-state index in [1.165, 1.54) is 27.4 Å². The summed E-state index contributed by atoms with van der Waals surface area (Å²) >= 11 is 2.67. The molecule has 1 fully saturated rings. The Bertz CT molecular complexity index is 1020. The summed E-state index contributed by atoms with van der Waals surface area (Å²) < 4.78 is 37.5. The van der Waals surface area contributed by atoms with E-state index in [-0.39, 0.29) is 28.9 Å². The molecule has 0 bridgehead atoms. The number of aromatic nitrogens is 1. The Balaban J connectivity index is 1.44. The first-order chi connectivity index (χ1) is 15.4. The van der Waals surface area contributed by atoms with E-state index in [2.05, 4.69) is 10.3 Å². The SMILES string of the molecule is CCOC(=O)Cc1csc(SCC(=O)NCc2ccc(S(=O)(=O)N3CCOCC3)cc2)n1. The van der Waals surface area contributed by atoms with Gasteiger partial charge in [-0.05, 0) is 24.6 Å². The van der Waals surface area contributed by atoms with E-state index in [0.29, 0.717) is 49.5 Å². The van der Waals surface area contributed by atoms with Gasteiger partial charge >= 0.3 is 5.97 Å². The van der Waals surface area contributed by atoms with Crippen LogP contribution in [0.2, 0.25) is 0 Å². The van der Waals surface area contributed by atoms with Crippen molar-refractivity contribution >= 4 is 45.0 Å². The molecule has 3 rings (SSSR count). The summed E-state index contributed by atoms with van der Waals surface area (Å²) in [7, 11) is -3.53. The molecule has 0 saturated carbocycles. The van der Waals surface area contributed by atoms with Gasteiger partial charge in [0.2, 0.25) is 15.9 Å². The number of sulfonamides is 1. The van der Waals surface area contributed by atoms with Crippen molar-refractivity contribution in [3.63, 3.8) is 0 Å². The van der Waals surface area contributed by atoms with Gasteiger partial charge in [0, 0.05) is 25.0 Å². The molecule has 1 aliphatic heterocycles. The number of esters is 1. The van der Waals surface area contributed by atoms with Crippen molar-refractivity contribution in [3.05, 3.63) is 40.9 Å². The van der Waals surface area contributed by atoms with E-state index < -0.39 is 10.0 Å². The van der Waals surface area contributed by atoms with Crippen molar-refractivity contribution in [2.75, 3.05) is 38.7 Å². The average molecular weight is 500 g/mol. The molecule has 1 aliphatic rings. The quantitative estimate of drug-likeness (QED) is 0.388. The number of benzene rings is 1. The van der Waals surface area contributed by atoms with E-state index >= 15 is 0 Å². The number of hydrogen-bond acceptors (Lipinski definition) is 9. The number of hydrogen-bond donors (Lipinski definition) is 1. The van der Waals surface area contributed by atoms with Crippen molar-refractivity contribution in [2.24, 2.45) is 0 Å². The second kappa shape index (κ2) is 11.8. The van der Waals surface area contributed by atoms with Crippen LogP contribution >= 0.6 is 23.1 Å². The van der Waals surface area contributed by atoms with Gasteiger partial charge in [0.05, 0.1) is 42.6 Å². The molecule has 174 valence electrons. The topological polar surface area (TPSA) is 115 Å². The second-order valence-corrected chi connectivity index (χ2v) is 10.8. The molecule has 1 amide bonds. The first kappa shape index (κ1) is 24.6. The maximum atomic E-state index is 12.6. The van der Waals surface area contributed by atoms with Gasteiger partial charge in [0.15, 0.2) is 4.34 Å². The largest absolute Gasteiger partial charge is 0.466 e. The molecule has 1 saturated heterocycles. The molecule has 2 aromatic rings. The van der Waals surface area contributed by atoms with Crippen LogP contribution in [0, 0.1) is 0 Å². The normalized spacial score (nSPS) is 14.8. The number of ether oxygens (including phenoxy) is 2. The Morgan fingerprint density at radius 2 is 1.97 bits per heavy atom. The Hall–Kier alpha value is -1.99. The third kappa shape index (κ3) is 7.01. The van der Waals surface area contributed by atoms with Crippen LogP contribution < -0.4 is 5.32 Å². The minimum Gasteiger partial charge on any atom is -0.466 e. The fraction of sp³-hybridized carbons (Fsp3) is 0.450. The van der Waals surface area contributed by atoms with Crippen LogP contribution in [0.15, 0.2) is 38.9 Å². The van der Waals surface area contributed by atoms with Crippen LogP contribution in [0.5, 0.6) is 0 Å². The maximum absolute atomic E-state index is 12.6. The number of nitrogens with one attached hydrogen (secondary N) is 1. The van der Waals surface area contributed by atoms with E-state index in [4.69, 9.17) is 9.47 Å². The van der Waals surface area contributed by atoms with Crippen molar-refractivity contribution < 1.29 is 27.5 Å². The lowest BCUT2D eigenvalue weighted by molar-refractivity contribution is -0.142. The lowest BCUT2D eigenvalue weighted by atomic mass is 10.2. The summed E-state index contributed by atoms with van der Waals surface area (Å²) in [5.74, 6) is -0.298.